The summed E-state index contributed by atoms with van der Waals surface area (Å²) in [6.07, 6.45) is 14.2. The van der Waals surface area contributed by atoms with Gasteiger partial charge >= 0.3 is 11.9 Å². The third-order valence-corrected chi connectivity index (χ3v) is 5.48. The zero-order valence-electron chi connectivity index (χ0n) is 19.5. The molecule has 0 unspecified atom stereocenters. The second-order valence-corrected chi connectivity index (χ2v) is 8.33. The molecule has 0 bridgehead atoms. The molecule has 0 N–H and O–H groups in total. The maximum Gasteiger partial charge on any atom is 0.311 e. The van der Waals surface area contributed by atoms with Gasteiger partial charge in [0.1, 0.15) is 5.75 Å². The van der Waals surface area contributed by atoms with E-state index in [9.17, 15) is 9.59 Å². The van der Waals surface area contributed by atoms with Crippen LogP contribution in [0.3, 0.4) is 0 Å². The lowest BCUT2D eigenvalue weighted by Gasteiger charge is -2.07. The lowest BCUT2D eigenvalue weighted by molar-refractivity contribution is -0.144. The number of aryl methyl sites for hydroxylation is 2. The molecule has 0 amide bonds. The quantitative estimate of drug-likeness (QED) is 0.152. The molecule has 0 heterocycles. The van der Waals surface area contributed by atoms with E-state index < -0.39 is 0 Å². The van der Waals surface area contributed by atoms with Gasteiger partial charge in [0.15, 0.2) is 0 Å². The lowest BCUT2D eigenvalue weighted by atomic mass is 10.1. The van der Waals surface area contributed by atoms with Crippen LogP contribution in [0.2, 0.25) is 0 Å². The third kappa shape index (κ3) is 13.4. The van der Waals surface area contributed by atoms with Crippen LogP contribution in [0.15, 0.2) is 18.2 Å². The van der Waals surface area contributed by atoms with Crippen LogP contribution < -0.4 is 4.74 Å². The first-order valence-electron chi connectivity index (χ1n) is 12.0. The number of hydrogen-bond donors (Lipinski definition) is 0. The molecule has 1 aromatic rings. The fourth-order valence-corrected chi connectivity index (χ4v) is 3.35. The zero-order chi connectivity index (χ0) is 22.0. The maximum atomic E-state index is 11.9. The molecule has 1 aromatic carbocycles. The lowest BCUT2D eigenvalue weighted by Crippen LogP contribution is -2.07. The first-order chi connectivity index (χ1) is 14.5. The summed E-state index contributed by atoms with van der Waals surface area (Å²) in [6.45, 7) is 6.84. The molecular weight excluding hydrogens is 376 g/mol. The van der Waals surface area contributed by atoms with Gasteiger partial charge in [0.25, 0.3) is 0 Å². The monoisotopic (exact) mass is 418 g/mol. The van der Waals surface area contributed by atoms with Crippen molar-refractivity contribution in [1.29, 1.82) is 0 Å². The topological polar surface area (TPSA) is 52.6 Å². The number of carbonyl (C=O) groups is 2. The highest BCUT2D eigenvalue weighted by molar-refractivity contribution is 5.72. The molecule has 0 aliphatic carbocycles. The van der Waals surface area contributed by atoms with Crippen molar-refractivity contribution in [2.45, 2.75) is 111 Å². The van der Waals surface area contributed by atoms with E-state index in [1.54, 1.807) is 0 Å². The number of hydrogen-bond acceptors (Lipinski definition) is 4. The Hall–Kier alpha value is -1.84. The van der Waals surface area contributed by atoms with Crippen LogP contribution in [0.25, 0.3) is 0 Å². The van der Waals surface area contributed by atoms with Crippen molar-refractivity contribution in [3.05, 3.63) is 29.3 Å². The van der Waals surface area contributed by atoms with E-state index in [4.69, 9.17) is 9.47 Å². The van der Waals surface area contributed by atoms with Gasteiger partial charge in [-0.2, -0.15) is 0 Å². The molecule has 4 nitrogen and oxygen atoms in total. The van der Waals surface area contributed by atoms with Crippen LogP contribution >= 0.6 is 0 Å². The first-order valence-corrected chi connectivity index (χ1v) is 12.0. The Morgan fingerprint density at radius 1 is 0.700 bits per heavy atom. The molecule has 0 saturated carbocycles. The van der Waals surface area contributed by atoms with E-state index in [0.717, 1.165) is 56.9 Å². The minimum Gasteiger partial charge on any atom is -0.466 e. The molecule has 0 atom stereocenters. The van der Waals surface area contributed by atoms with Gasteiger partial charge in [-0.25, -0.2) is 0 Å². The van der Waals surface area contributed by atoms with Crippen LogP contribution in [0.1, 0.15) is 108 Å². The van der Waals surface area contributed by atoms with E-state index in [2.05, 4.69) is 6.92 Å². The van der Waals surface area contributed by atoms with Gasteiger partial charge in [-0.1, -0.05) is 70.8 Å². The third-order valence-electron chi connectivity index (χ3n) is 5.48. The molecule has 0 aliphatic rings. The second kappa shape index (κ2) is 16.9. The Kier molecular flexibility index (Phi) is 14.8. The summed E-state index contributed by atoms with van der Waals surface area (Å²) < 4.78 is 10.7. The van der Waals surface area contributed by atoms with Gasteiger partial charge in [0.2, 0.25) is 0 Å². The van der Waals surface area contributed by atoms with Crippen molar-refractivity contribution in [2.24, 2.45) is 0 Å². The minimum atomic E-state index is -0.161. The summed E-state index contributed by atoms with van der Waals surface area (Å²) in [4.78, 5) is 23.6. The van der Waals surface area contributed by atoms with Crippen LogP contribution in [0, 0.1) is 13.8 Å². The average Bonchev–Trinajstić information content (AvgIpc) is 2.72. The number of rotatable bonds is 17. The summed E-state index contributed by atoms with van der Waals surface area (Å²) in [5.74, 6) is 0.412. The Balaban J connectivity index is 1.91. The molecule has 30 heavy (non-hydrogen) atoms. The van der Waals surface area contributed by atoms with Crippen LogP contribution in [-0.2, 0) is 14.3 Å². The van der Waals surface area contributed by atoms with Gasteiger partial charge in [0.05, 0.1) is 6.61 Å². The first kappa shape index (κ1) is 26.2. The smallest absolute Gasteiger partial charge is 0.311 e. The number of ether oxygens (including phenoxy) is 2. The molecule has 0 spiro atoms. The number of unbranched alkanes of at least 4 members (excludes halogenated alkanes) is 10. The van der Waals surface area contributed by atoms with Gasteiger partial charge in [-0.3, -0.25) is 9.59 Å². The molecule has 0 fully saturated rings. The molecule has 0 radical (unpaired) electrons. The summed E-state index contributed by atoms with van der Waals surface area (Å²) in [6, 6.07) is 5.73. The van der Waals surface area contributed by atoms with Crippen molar-refractivity contribution in [2.75, 3.05) is 6.61 Å². The summed E-state index contributed by atoms with van der Waals surface area (Å²) in [5.41, 5.74) is 2.33. The highest BCUT2D eigenvalue weighted by Gasteiger charge is 2.06. The van der Waals surface area contributed by atoms with Gasteiger partial charge in [-0.05, 0) is 56.4 Å². The predicted octanol–water partition coefficient (Wildman–Crippen LogP) is 7.23. The zero-order valence-corrected chi connectivity index (χ0v) is 19.5. The highest BCUT2D eigenvalue weighted by atomic mass is 16.5. The fourth-order valence-electron chi connectivity index (χ4n) is 3.35. The molecule has 1 rings (SSSR count). The number of benzene rings is 1. The normalized spacial score (nSPS) is 10.8. The van der Waals surface area contributed by atoms with Crippen LogP contribution in [0.4, 0.5) is 0 Å². The van der Waals surface area contributed by atoms with Crippen LogP contribution in [0.5, 0.6) is 5.75 Å². The highest BCUT2D eigenvalue weighted by Crippen LogP contribution is 2.17. The Bertz CT molecular complexity index is 609. The van der Waals surface area contributed by atoms with E-state index in [1.807, 2.05) is 32.0 Å². The van der Waals surface area contributed by atoms with E-state index in [0.29, 0.717) is 25.2 Å². The van der Waals surface area contributed by atoms with Crippen molar-refractivity contribution in [3.63, 3.8) is 0 Å². The fraction of sp³-hybridized carbons (Fsp3) is 0.692. The second-order valence-electron chi connectivity index (χ2n) is 8.33. The summed E-state index contributed by atoms with van der Waals surface area (Å²) in [7, 11) is 0. The van der Waals surface area contributed by atoms with Crippen molar-refractivity contribution < 1.29 is 19.1 Å². The van der Waals surface area contributed by atoms with E-state index in [1.165, 1.54) is 31.2 Å². The SMILES string of the molecule is CCCCCCCCOC(=O)CCCCCCCCC(=O)Oc1ccc(C)c(C)c1. The van der Waals surface area contributed by atoms with Gasteiger partial charge in [0, 0.05) is 12.8 Å². The Morgan fingerprint density at radius 3 is 1.90 bits per heavy atom. The molecule has 0 aliphatic heterocycles. The van der Waals surface area contributed by atoms with E-state index in [-0.39, 0.29) is 11.9 Å². The predicted molar refractivity (Wildman–Crippen MR) is 123 cm³/mol. The standard InChI is InChI=1S/C26H42O4/c1-4-5-6-7-12-15-20-29-25(27)16-13-10-8-9-11-14-17-26(28)30-24-19-18-22(2)23(3)21-24/h18-19,21H,4-17,20H2,1-3H3. The van der Waals surface area contributed by atoms with Crippen molar-refractivity contribution in [3.8, 4) is 5.75 Å². The molecule has 0 aromatic heterocycles. The molecular formula is C26H42O4. The summed E-state index contributed by atoms with van der Waals surface area (Å²) in [5, 5.41) is 0. The Labute approximate surface area is 183 Å². The minimum absolute atomic E-state index is 0.0577. The summed E-state index contributed by atoms with van der Waals surface area (Å²) >= 11 is 0. The van der Waals surface area contributed by atoms with Gasteiger partial charge in [-0.15, -0.1) is 0 Å². The molecule has 4 heteroatoms. The molecule has 0 saturated heterocycles. The maximum absolute atomic E-state index is 11.9. The van der Waals surface area contributed by atoms with Gasteiger partial charge < -0.3 is 9.47 Å². The van der Waals surface area contributed by atoms with Crippen molar-refractivity contribution in [1.82, 2.24) is 0 Å². The van der Waals surface area contributed by atoms with E-state index >= 15 is 0 Å². The molecule has 170 valence electrons. The number of esters is 2. The average molecular weight is 419 g/mol. The van der Waals surface area contributed by atoms with Crippen molar-refractivity contribution >= 4 is 11.9 Å². The van der Waals surface area contributed by atoms with Crippen LogP contribution in [-0.4, -0.2) is 18.5 Å². The number of carbonyl (C=O) groups excluding carboxylic acids is 2. The largest absolute Gasteiger partial charge is 0.466 e. The Morgan fingerprint density at radius 2 is 1.27 bits per heavy atom.